The number of benzene rings is 1. The van der Waals surface area contributed by atoms with Crippen LogP contribution in [0.15, 0.2) is 18.2 Å². The number of hydrogen-bond donors (Lipinski definition) is 0. The highest BCUT2D eigenvalue weighted by Crippen LogP contribution is 2.21. The van der Waals surface area contributed by atoms with E-state index in [0.717, 1.165) is 31.6 Å². The largest absolute Gasteiger partial charge is 0.493 e. The lowest BCUT2D eigenvalue weighted by atomic mass is 10.1. The van der Waals surface area contributed by atoms with Gasteiger partial charge in [-0.2, -0.15) is 0 Å². The van der Waals surface area contributed by atoms with Crippen LogP contribution in [0.1, 0.15) is 38.3 Å². The van der Waals surface area contributed by atoms with E-state index < -0.39 is 0 Å². The van der Waals surface area contributed by atoms with Gasteiger partial charge in [0, 0.05) is 0 Å². The van der Waals surface area contributed by atoms with Crippen LogP contribution < -0.4 is 4.74 Å². The number of aryl methyl sites for hydroxylation is 2. The molecule has 0 aromatic heterocycles. The molecule has 0 aliphatic carbocycles. The van der Waals surface area contributed by atoms with Crippen molar-refractivity contribution in [1.82, 2.24) is 0 Å². The molecule has 1 rings (SSSR count). The minimum atomic E-state index is 0.818. The Hall–Kier alpha value is -0.980. The minimum Gasteiger partial charge on any atom is -0.493 e. The average molecular weight is 192 g/mol. The van der Waals surface area contributed by atoms with Crippen molar-refractivity contribution in [2.75, 3.05) is 6.61 Å². The van der Waals surface area contributed by atoms with E-state index in [1.807, 2.05) is 0 Å². The summed E-state index contributed by atoms with van der Waals surface area (Å²) in [6, 6.07) is 6.52. The molecule has 0 saturated heterocycles. The Bertz CT molecular complexity index is 279. The molecule has 0 fully saturated rings. The van der Waals surface area contributed by atoms with Gasteiger partial charge in [-0.3, -0.25) is 0 Å². The monoisotopic (exact) mass is 192 g/mol. The van der Waals surface area contributed by atoms with Gasteiger partial charge in [-0.05, 0) is 36.5 Å². The van der Waals surface area contributed by atoms with Crippen LogP contribution in [0.3, 0.4) is 0 Å². The molecule has 0 aliphatic heterocycles. The fraction of sp³-hybridized carbons (Fsp3) is 0.538. The van der Waals surface area contributed by atoms with Gasteiger partial charge in [0.2, 0.25) is 0 Å². The van der Waals surface area contributed by atoms with Crippen molar-refractivity contribution in [3.63, 3.8) is 0 Å². The molecule has 0 bridgehead atoms. The van der Waals surface area contributed by atoms with E-state index in [1.54, 1.807) is 0 Å². The van der Waals surface area contributed by atoms with E-state index in [0.29, 0.717) is 0 Å². The fourth-order valence-corrected chi connectivity index (χ4v) is 1.48. The van der Waals surface area contributed by atoms with Crippen LogP contribution in [0.2, 0.25) is 0 Å². The van der Waals surface area contributed by atoms with Crippen LogP contribution in [0.4, 0.5) is 0 Å². The van der Waals surface area contributed by atoms with E-state index in [4.69, 9.17) is 4.74 Å². The van der Waals surface area contributed by atoms with Crippen LogP contribution in [-0.2, 0) is 12.8 Å². The Labute approximate surface area is 87.1 Å². The van der Waals surface area contributed by atoms with Gasteiger partial charge in [-0.15, -0.1) is 0 Å². The zero-order valence-corrected chi connectivity index (χ0v) is 9.47. The quantitative estimate of drug-likeness (QED) is 0.692. The summed E-state index contributed by atoms with van der Waals surface area (Å²) in [5, 5.41) is 0. The van der Waals surface area contributed by atoms with Crippen molar-refractivity contribution in [3.8, 4) is 5.75 Å². The summed E-state index contributed by atoms with van der Waals surface area (Å²) in [7, 11) is 0. The molecule has 1 heteroatoms. The van der Waals surface area contributed by atoms with Crippen molar-refractivity contribution in [2.24, 2.45) is 0 Å². The molecule has 0 unspecified atom stereocenters. The Morgan fingerprint density at radius 3 is 2.43 bits per heavy atom. The number of ether oxygens (including phenoxy) is 1. The van der Waals surface area contributed by atoms with Crippen LogP contribution in [0.5, 0.6) is 5.75 Å². The van der Waals surface area contributed by atoms with Gasteiger partial charge >= 0.3 is 0 Å². The lowest BCUT2D eigenvalue weighted by Gasteiger charge is -2.10. The van der Waals surface area contributed by atoms with Crippen LogP contribution >= 0.6 is 0 Å². The predicted octanol–water partition coefficient (Wildman–Crippen LogP) is 3.60. The first kappa shape index (κ1) is 11.1. The highest BCUT2D eigenvalue weighted by Gasteiger charge is 2.02. The van der Waals surface area contributed by atoms with E-state index in [9.17, 15) is 0 Å². The maximum atomic E-state index is 5.68. The maximum Gasteiger partial charge on any atom is 0.122 e. The van der Waals surface area contributed by atoms with E-state index in [1.165, 1.54) is 11.1 Å². The highest BCUT2D eigenvalue weighted by molar-refractivity contribution is 5.37. The van der Waals surface area contributed by atoms with Crippen molar-refractivity contribution < 1.29 is 4.74 Å². The molecular formula is C13H20O. The van der Waals surface area contributed by atoms with Crippen LogP contribution in [-0.4, -0.2) is 6.61 Å². The Morgan fingerprint density at radius 1 is 1.07 bits per heavy atom. The molecule has 0 radical (unpaired) electrons. The summed E-state index contributed by atoms with van der Waals surface area (Å²) in [4.78, 5) is 0. The molecule has 1 aromatic carbocycles. The molecule has 0 aliphatic rings. The van der Waals surface area contributed by atoms with Gasteiger partial charge in [-0.25, -0.2) is 0 Å². The molecule has 78 valence electrons. The molecule has 0 atom stereocenters. The molecule has 1 aromatic rings. The Kier molecular flexibility index (Phi) is 4.51. The summed E-state index contributed by atoms with van der Waals surface area (Å²) in [5.41, 5.74) is 2.73. The smallest absolute Gasteiger partial charge is 0.122 e. The van der Waals surface area contributed by atoms with Crippen molar-refractivity contribution >= 4 is 0 Å². The van der Waals surface area contributed by atoms with Gasteiger partial charge in [0.05, 0.1) is 6.61 Å². The second-order valence-corrected chi connectivity index (χ2v) is 3.50. The third-order valence-corrected chi connectivity index (χ3v) is 2.38. The van der Waals surface area contributed by atoms with Crippen molar-refractivity contribution in [1.29, 1.82) is 0 Å². The topological polar surface area (TPSA) is 9.23 Å². The van der Waals surface area contributed by atoms with Crippen LogP contribution in [0.25, 0.3) is 0 Å². The molecule has 0 heterocycles. The SMILES string of the molecule is CCCOc1ccc(CC)cc1CC. The van der Waals surface area contributed by atoms with Crippen molar-refractivity contribution in [3.05, 3.63) is 29.3 Å². The number of rotatable bonds is 5. The van der Waals surface area contributed by atoms with E-state index in [-0.39, 0.29) is 0 Å². The fourth-order valence-electron chi connectivity index (χ4n) is 1.48. The van der Waals surface area contributed by atoms with Gasteiger partial charge in [0.15, 0.2) is 0 Å². The van der Waals surface area contributed by atoms with Gasteiger partial charge in [-0.1, -0.05) is 32.9 Å². The van der Waals surface area contributed by atoms with Crippen LogP contribution in [0, 0.1) is 0 Å². The summed E-state index contributed by atoms with van der Waals surface area (Å²) in [6.45, 7) is 7.30. The van der Waals surface area contributed by atoms with E-state index >= 15 is 0 Å². The summed E-state index contributed by atoms with van der Waals surface area (Å²) in [5.74, 6) is 1.06. The third-order valence-electron chi connectivity index (χ3n) is 2.38. The molecule has 0 saturated carbocycles. The standard InChI is InChI=1S/C13H20O/c1-4-9-14-13-8-7-11(5-2)10-12(13)6-3/h7-8,10H,4-6,9H2,1-3H3. The summed E-state index contributed by atoms with van der Waals surface area (Å²) >= 11 is 0. The van der Waals surface area contributed by atoms with Gasteiger partial charge < -0.3 is 4.74 Å². The molecule has 0 amide bonds. The zero-order chi connectivity index (χ0) is 10.4. The maximum absolute atomic E-state index is 5.68. The molecule has 14 heavy (non-hydrogen) atoms. The minimum absolute atomic E-state index is 0.818. The summed E-state index contributed by atoms with van der Waals surface area (Å²) in [6.07, 6.45) is 3.21. The molecule has 0 N–H and O–H groups in total. The third kappa shape index (κ3) is 2.76. The lowest BCUT2D eigenvalue weighted by Crippen LogP contribution is -1.99. The Balaban J connectivity index is 2.82. The zero-order valence-electron chi connectivity index (χ0n) is 9.47. The second-order valence-electron chi connectivity index (χ2n) is 3.50. The second kappa shape index (κ2) is 5.69. The normalized spacial score (nSPS) is 10.2. The molecular weight excluding hydrogens is 172 g/mol. The average Bonchev–Trinajstić information content (AvgIpc) is 2.26. The first-order valence-electron chi connectivity index (χ1n) is 5.56. The first-order chi connectivity index (χ1) is 6.81. The van der Waals surface area contributed by atoms with Gasteiger partial charge in [0.1, 0.15) is 5.75 Å². The number of hydrogen-bond acceptors (Lipinski definition) is 1. The summed E-state index contributed by atoms with van der Waals surface area (Å²) < 4.78 is 5.68. The highest BCUT2D eigenvalue weighted by atomic mass is 16.5. The van der Waals surface area contributed by atoms with Gasteiger partial charge in [0.25, 0.3) is 0 Å². The molecule has 0 spiro atoms. The first-order valence-corrected chi connectivity index (χ1v) is 5.56. The lowest BCUT2D eigenvalue weighted by molar-refractivity contribution is 0.314. The van der Waals surface area contributed by atoms with Crippen molar-refractivity contribution in [2.45, 2.75) is 40.0 Å². The Morgan fingerprint density at radius 2 is 1.86 bits per heavy atom. The van der Waals surface area contributed by atoms with E-state index in [2.05, 4.69) is 39.0 Å². The predicted molar refractivity (Wildman–Crippen MR) is 61.0 cm³/mol. The molecule has 1 nitrogen and oxygen atoms in total.